The van der Waals surface area contributed by atoms with Crippen molar-refractivity contribution in [2.75, 3.05) is 26.8 Å². The van der Waals surface area contributed by atoms with Gasteiger partial charge in [-0.2, -0.15) is 0 Å². The molecule has 0 radical (unpaired) electrons. The minimum Gasteiger partial charge on any atom is -0.385 e. The van der Waals surface area contributed by atoms with E-state index < -0.39 is 0 Å². The zero-order chi connectivity index (χ0) is 16.5. The molecule has 1 heterocycles. The molecule has 1 aromatic rings. The lowest BCUT2D eigenvalue weighted by Crippen LogP contribution is -2.47. The average molecular weight is 446 g/mol. The second-order valence-electron chi connectivity index (χ2n) is 6.41. The molecule has 0 saturated heterocycles. The number of nitrogens with one attached hydrogen (secondary N) is 2. The lowest BCUT2D eigenvalue weighted by molar-refractivity contribution is 0.0732. The van der Waals surface area contributed by atoms with Gasteiger partial charge in [-0.15, -0.1) is 24.0 Å². The fraction of sp³-hybridized carbons (Fsp3) is 0.667. The standard InChI is InChI=1S/C18H30N4O.HI/c1-4-19-17(21-13-16-15(2)7-5-11-20-16)22-14-18(8-6-9-18)10-12-23-3;/h5,7,11H,4,6,8-10,12-14H2,1-3H3,(H2,19,21,22);1H. The molecule has 2 rings (SSSR count). The highest BCUT2D eigenvalue weighted by molar-refractivity contribution is 14.0. The van der Waals surface area contributed by atoms with Gasteiger partial charge in [0.25, 0.3) is 0 Å². The largest absolute Gasteiger partial charge is 0.385 e. The number of pyridine rings is 1. The van der Waals surface area contributed by atoms with Crippen molar-refractivity contribution >= 4 is 29.9 Å². The summed E-state index contributed by atoms with van der Waals surface area (Å²) in [6.07, 6.45) is 6.83. The predicted octanol–water partition coefficient (Wildman–Crippen LogP) is 3.27. The Balaban J connectivity index is 0.00000288. The zero-order valence-electron chi connectivity index (χ0n) is 15.1. The third-order valence-electron chi connectivity index (χ3n) is 4.73. The number of rotatable bonds is 8. The maximum atomic E-state index is 5.26. The summed E-state index contributed by atoms with van der Waals surface area (Å²) in [5.74, 6) is 0.876. The van der Waals surface area contributed by atoms with Crippen LogP contribution in [0.5, 0.6) is 0 Å². The topological polar surface area (TPSA) is 58.5 Å². The van der Waals surface area contributed by atoms with Gasteiger partial charge in [0, 0.05) is 33.0 Å². The quantitative estimate of drug-likeness (QED) is 0.366. The van der Waals surface area contributed by atoms with Gasteiger partial charge in [-0.1, -0.05) is 12.5 Å². The van der Waals surface area contributed by atoms with Crippen molar-refractivity contribution in [3.8, 4) is 0 Å². The van der Waals surface area contributed by atoms with E-state index in [9.17, 15) is 0 Å². The monoisotopic (exact) mass is 446 g/mol. The Kier molecular flexibility index (Phi) is 9.58. The molecule has 0 atom stereocenters. The van der Waals surface area contributed by atoms with Crippen molar-refractivity contribution in [1.29, 1.82) is 0 Å². The molecular weight excluding hydrogens is 415 g/mol. The van der Waals surface area contributed by atoms with E-state index in [-0.39, 0.29) is 24.0 Å². The van der Waals surface area contributed by atoms with Crippen LogP contribution in [0.1, 0.15) is 43.9 Å². The van der Waals surface area contributed by atoms with Crippen LogP contribution in [0.25, 0.3) is 0 Å². The normalized spacial score (nSPS) is 16.0. The summed E-state index contributed by atoms with van der Waals surface area (Å²) in [5.41, 5.74) is 2.60. The van der Waals surface area contributed by atoms with E-state index in [2.05, 4.69) is 40.5 Å². The second-order valence-corrected chi connectivity index (χ2v) is 6.41. The van der Waals surface area contributed by atoms with Crippen LogP contribution in [0.4, 0.5) is 0 Å². The Morgan fingerprint density at radius 3 is 2.75 bits per heavy atom. The molecule has 0 spiro atoms. The molecule has 1 aliphatic rings. The van der Waals surface area contributed by atoms with Crippen molar-refractivity contribution in [2.45, 2.75) is 46.1 Å². The van der Waals surface area contributed by atoms with E-state index in [0.717, 1.165) is 37.8 Å². The Morgan fingerprint density at radius 2 is 2.17 bits per heavy atom. The Labute approximate surface area is 163 Å². The number of hydrogen-bond acceptors (Lipinski definition) is 3. The molecule has 0 bridgehead atoms. The number of aliphatic imine (C=N–C) groups is 1. The van der Waals surface area contributed by atoms with E-state index in [1.807, 2.05) is 12.3 Å². The molecule has 0 unspecified atom stereocenters. The molecule has 136 valence electrons. The van der Waals surface area contributed by atoms with E-state index >= 15 is 0 Å². The van der Waals surface area contributed by atoms with Crippen LogP contribution in [0.3, 0.4) is 0 Å². The molecule has 1 saturated carbocycles. The van der Waals surface area contributed by atoms with Crippen LogP contribution < -0.4 is 10.6 Å². The highest BCUT2D eigenvalue weighted by Gasteiger charge is 2.36. The van der Waals surface area contributed by atoms with Gasteiger partial charge >= 0.3 is 0 Å². The summed E-state index contributed by atoms with van der Waals surface area (Å²) in [6, 6.07) is 4.04. The Hall–Kier alpha value is -0.890. The van der Waals surface area contributed by atoms with Crippen LogP contribution >= 0.6 is 24.0 Å². The maximum Gasteiger partial charge on any atom is 0.191 e. The molecule has 5 nitrogen and oxygen atoms in total. The third kappa shape index (κ3) is 6.20. The molecule has 6 heteroatoms. The van der Waals surface area contributed by atoms with Gasteiger partial charge in [-0.05, 0) is 50.2 Å². The van der Waals surface area contributed by atoms with E-state index in [1.165, 1.54) is 24.8 Å². The number of ether oxygens (including phenoxy) is 1. The number of methoxy groups -OCH3 is 1. The molecule has 24 heavy (non-hydrogen) atoms. The number of halogens is 1. The highest BCUT2D eigenvalue weighted by Crippen LogP contribution is 2.43. The molecule has 0 aliphatic heterocycles. The number of aryl methyl sites for hydroxylation is 1. The van der Waals surface area contributed by atoms with Gasteiger partial charge in [-0.3, -0.25) is 4.98 Å². The first kappa shape index (κ1) is 21.2. The lowest BCUT2D eigenvalue weighted by Gasteiger charge is -2.42. The van der Waals surface area contributed by atoms with Crippen molar-refractivity contribution in [2.24, 2.45) is 10.4 Å². The first-order valence-electron chi connectivity index (χ1n) is 8.61. The van der Waals surface area contributed by atoms with Gasteiger partial charge in [0.2, 0.25) is 0 Å². The summed E-state index contributed by atoms with van der Waals surface area (Å²) in [5, 5.41) is 6.85. The smallest absolute Gasteiger partial charge is 0.191 e. The van der Waals surface area contributed by atoms with Crippen LogP contribution in [0.2, 0.25) is 0 Å². The van der Waals surface area contributed by atoms with Crippen LogP contribution in [-0.4, -0.2) is 37.7 Å². The Bertz CT molecular complexity index is 517. The molecule has 0 aromatic carbocycles. The number of nitrogens with zero attached hydrogens (tertiary/aromatic N) is 2. The van der Waals surface area contributed by atoms with Crippen LogP contribution in [0, 0.1) is 12.3 Å². The second kappa shape index (κ2) is 10.9. The van der Waals surface area contributed by atoms with Gasteiger partial charge in [0.15, 0.2) is 5.96 Å². The molecule has 1 aliphatic carbocycles. The molecule has 1 aromatic heterocycles. The molecule has 2 N–H and O–H groups in total. The highest BCUT2D eigenvalue weighted by atomic mass is 127. The SMILES string of the molecule is CCNC(=NCc1ncccc1C)NCC1(CCOC)CCC1.I. The first-order valence-corrected chi connectivity index (χ1v) is 8.61. The fourth-order valence-corrected chi connectivity index (χ4v) is 2.96. The van der Waals surface area contributed by atoms with Gasteiger partial charge in [0.1, 0.15) is 0 Å². The lowest BCUT2D eigenvalue weighted by atomic mass is 9.67. The Morgan fingerprint density at radius 1 is 1.38 bits per heavy atom. The first-order chi connectivity index (χ1) is 11.2. The average Bonchev–Trinajstić information content (AvgIpc) is 2.52. The van der Waals surface area contributed by atoms with E-state index in [0.29, 0.717) is 12.0 Å². The summed E-state index contributed by atoms with van der Waals surface area (Å²) in [4.78, 5) is 9.09. The minimum absolute atomic E-state index is 0. The number of aromatic nitrogens is 1. The molecular formula is C18H31IN4O. The predicted molar refractivity (Wildman–Crippen MR) is 110 cm³/mol. The third-order valence-corrected chi connectivity index (χ3v) is 4.73. The van der Waals surface area contributed by atoms with Crippen LogP contribution in [0.15, 0.2) is 23.3 Å². The van der Waals surface area contributed by atoms with Crippen molar-refractivity contribution in [1.82, 2.24) is 15.6 Å². The fourth-order valence-electron chi connectivity index (χ4n) is 2.96. The molecule has 0 amide bonds. The number of guanidine groups is 1. The van der Waals surface area contributed by atoms with Crippen molar-refractivity contribution in [3.05, 3.63) is 29.6 Å². The number of hydrogen-bond donors (Lipinski definition) is 2. The van der Waals surface area contributed by atoms with Gasteiger partial charge < -0.3 is 15.4 Å². The van der Waals surface area contributed by atoms with E-state index in [1.54, 1.807) is 7.11 Å². The van der Waals surface area contributed by atoms with Crippen molar-refractivity contribution < 1.29 is 4.74 Å². The molecule has 1 fully saturated rings. The van der Waals surface area contributed by atoms with Crippen LogP contribution in [-0.2, 0) is 11.3 Å². The summed E-state index contributed by atoms with van der Waals surface area (Å²) in [6.45, 7) is 7.43. The van der Waals surface area contributed by atoms with Crippen molar-refractivity contribution in [3.63, 3.8) is 0 Å². The summed E-state index contributed by atoms with van der Waals surface area (Å²) in [7, 11) is 1.78. The van der Waals surface area contributed by atoms with Gasteiger partial charge in [0.05, 0.1) is 12.2 Å². The maximum absolute atomic E-state index is 5.26. The summed E-state index contributed by atoms with van der Waals surface area (Å²) >= 11 is 0. The van der Waals surface area contributed by atoms with E-state index in [4.69, 9.17) is 4.74 Å². The minimum atomic E-state index is 0. The van der Waals surface area contributed by atoms with Gasteiger partial charge in [-0.25, -0.2) is 4.99 Å². The summed E-state index contributed by atoms with van der Waals surface area (Å²) < 4.78 is 5.26. The zero-order valence-corrected chi connectivity index (χ0v) is 17.4.